The molecular weight excluding hydrogens is 418 g/mol. The standard InChI is InChI=1S/C20H17Cl2FN4O2/c21-14-4-3-5-15(22)17(14)24-20(28)27-11-2-1-6-16(27)19-25-18(26-29-19)12-7-9-13(23)10-8-12/h3-5,7-10,16H,1-2,6,11H2,(H,24,28)/t16-/m0/s1. The molecule has 1 aliphatic heterocycles. The molecule has 0 saturated carbocycles. The summed E-state index contributed by atoms with van der Waals surface area (Å²) in [6, 6.07) is 10.1. The molecule has 4 rings (SSSR count). The number of hydrogen-bond acceptors (Lipinski definition) is 4. The Morgan fingerprint density at radius 2 is 1.86 bits per heavy atom. The Morgan fingerprint density at radius 1 is 1.14 bits per heavy atom. The highest BCUT2D eigenvalue weighted by Crippen LogP contribution is 2.34. The molecule has 0 radical (unpaired) electrons. The Labute approximate surface area is 176 Å². The summed E-state index contributed by atoms with van der Waals surface area (Å²) in [7, 11) is 0. The number of para-hydroxylation sites is 1. The van der Waals surface area contributed by atoms with Gasteiger partial charge in [-0.15, -0.1) is 0 Å². The second-order valence-electron chi connectivity index (χ2n) is 6.69. The highest BCUT2D eigenvalue weighted by molar-refractivity contribution is 6.39. The highest BCUT2D eigenvalue weighted by Gasteiger charge is 2.32. The zero-order chi connectivity index (χ0) is 20.4. The number of carbonyl (C=O) groups excluding carboxylic acids is 1. The minimum atomic E-state index is -0.369. The second-order valence-corrected chi connectivity index (χ2v) is 7.51. The lowest BCUT2D eigenvalue weighted by Crippen LogP contribution is -2.41. The van der Waals surface area contributed by atoms with E-state index < -0.39 is 0 Å². The average Bonchev–Trinajstić information content (AvgIpc) is 3.21. The first-order valence-electron chi connectivity index (χ1n) is 9.14. The molecular formula is C20H17Cl2FN4O2. The second kappa shape index (κ2) is 8.39. The minimum absolute atomic E-state index is 0.337. The van der Waals surface area contributed by atoms with E-state index in [1.54, 1.807) is 35.2 Å². The van der Waals surface area contributed by atoms with E-state index >= 15 is 0 Å². The van der Waals surface area contributed by atoms with Crippen molar-refractivity contribution >= 4 is 34.9 Å². The van der Waals surface area contributed by atoms with Crippen molar-refractivity contribution in [3.8, 4) is 11.4 Å². The van der Waals surface area contributed by atoms with Gasteiger partial charge in [-0.1, -0.05) is 34.4 Å². The fourth-order valence-corrected chi connectivity index (χ4v) is 3.81. The van der Waals surface area contributed by atoms with E-state index in [1.165, 1.54) is 12.1 Å². The van der Waals surface area contributed by atoms with E-state index in [1.807, 2.05) is 0 Å². The molecule has 2 amide bonds. The van der Waals surface area contributed by atoms with E-state index in [2.05, 4.69) is 15.5 Å². The SMILES string of the molecule is O=C(Nc1c(Cl)cccc1Cl)N1CCCC[C@H]1c1nc(-c2ccc(F)cc2)no1. The molecule has 0 bridgehead atoms. The topological polar surface area (TPSA) is 71.3 Å². The maximum absolute atomic E-state index is 13.1. The quantitative estimate of drug-likeness (QED) is 0.553. The number of benzene rings is 2. The van der Waals surface area contributed by atoms with Crippen molar-refractivity contribution in [2.24, 2.45) is 0 Å². The van der Waals surface area contributed by atoms with Crippen LogP contribution in [0.5, 0.6) is 0 Å². The Hall–Kier alpha value is -2.64. The summed E-state index contributed by atoms with van der Waals surface area (Å²) >= 11 is 12.3. The van der Waals surface area contributed by atoms with Gasteiger partial charge in [-0.2, -0.15) is 4.98 Å². The number of rotatable bonds is 3. The first-order chi connectivity index (χ1) is 14.0. The predicted octanol–water partition coefficient (Wildman–Crippen LogP) is 5.94. The number of nitrogens with one attached hydrogen (secondary N) is 1. The predicted molar refractivity (Wildman–Crippen MR) is 108 cm³/mol. The minimum Gasteiger partial charge on any atom is -0.337 e. The maximum atomic E-state index is 13.1. The molecule has 1 aliphatic rings. The van der Waals surface area contributed by atoms with Crippen molar-refractivity contribution in [1.82, 2.24) is 15.0 Å². The molecule has 0 aliphatic carbocycles. The van der Waals surface area contributed by atoms with Crippen molar-refractivity contribution in [3.05, 3.63) is 64.2 Å². The molecule has 150 valence electrons. The molecule has 6 nitrogen and oxygen atoms in total. The number of carbonyl (C=O) groups is 1. The summed E-state index contributed by atoms with van der Waals surface area (Å²) < 4.78 is 18.6. The average molecular weight is 435 g/mol. The van der Waals surface area contributed by atoms with Crippen molar-refractivity contribution in [1.29, 1.82) is 0 Å². The first-order valence-corrected chi connectivity index (χ1v) is 9.89. The van der Waals surface area contributed by atoms with Gasteiger partial charge in [0.1, 0.15) is 11.9 Å². The van der Waals surface area contributed by atoms with Gasteiger partial charge in [0.15, 0.2) is 0 Å². The number of amides is 2. The molecule has 1 fully saturated rings. The van der Waals surface area contributed by atoms with Gasteiger partial charge in [-0.05, 0) is 55.7 Å². The highest BCUT2D eigenvalue weighted by atomic mass is 35.5. The van der Waals surface area contributed by atoms with Gasteiger partial charge >= 0.3 is 6.03 Å². The number of nitrogens with zero attached hydrogens (tertiary/aromatic N) is 3. The van der Waals surface area contributed by atoms with Gasteiger partial charge < -0.3 is 14.7 Å². The lowest BCUT2D eigenvalue weighted by Gasteiger charge is -2.33. The molecule has 2 heterocycles. The van der Waals surface area contributed by atoms with Crippen molar-refractivity contribution in [2.75, 3.05) is 11.9 Å². The number of likely N-dealkylation sites (tertiary alicyclic amines) is 1. The molecule has 1 atom stereocenters. The molecule has 3 aromatic rings. The van der Waals surface area contributed by atoms with E-state index in [0.717, 1.165) is 12.8 Å². The third-order valence-corrected chi connectivity index (χ3v) is 5.42. The lowest BCUT2D eigenvalue weighted by molar-refractivity contribution is 0.142. The smallest absolute Gasteiger partial charge is 0.322 e. The van der Waals surface area contributed by atoms with Gasteiger partial charge in [-0.25, -0.2) is 9.18 Å². The monoisotopic (exact) mass is 434 g/mol. The van der Waals surface area contributed by atoms with Crippen LogP contribution < -0.4 is 5.32 Å². The van der Waals surface area contributed by atoms with Crippen LogP contribution in [0.1, 0.15) is 31.2 Å². The summed E-state index contributed by atoms with van der Waals surface area (Å²) in [5, 5.41) is 7.49. The van der Waals surface area contributed by atoms with Crippen LogP contribution in [0.3, 0.4) is 0 Å². The fourth-order valence-electron chi connectivity index (χ4n) is 3.31. The van der Waals surface area contributed by atoms with Gasteiger partial charge in [0.25, 0.3) is 0 Å². The largest absolute Gasteiger partial charge is 0.337 e. The van der Waals surface area contributed by atoms with Crippen LogP contribution in [0, 0.1) is 5.82 Å². The molecule has 1 N–H and O–H groups in total. The van der Waals surface area contributed by atoms with Crippen LogP contribution >= 0.6 is 23.2 Å². The van der Waals surface area contributed by atoms with Gasteiger partial charge in [-0.3, -0.25) is 0 Å². The summed E-state index contributed by atoms with van der Waals surface area (Å²) in [4.78, 5) is 19.0. The first kappa shape index (κ1) is 19.7. The number of piperidine rings is 1. The third kappa shape index (κ3) is 4.21. The Balaban J connectivity index is 1.56. The number of aromatic nitrogens is 2. The zero-order valence-electron chi connectivity index (χ0n) is 15.2. The van der Waals surface area contributed by atoms with Crippen LogP contribution in [0.25, 0.3) is 11.4 Å². The van der Waals surface area contributed by atoms with Crippen LogP contribution in [-0.4, -0.2) is 27.6 Å². The van der Waals surface area contributed by atoms with Crippen molar-refractivity contribution in [2.45, 2.75) is 25.3 Å². The van der Waals surface area contributed by atoms with E-state index in [-0.39, 0.29) is 17.9 Å². The summed E-state index contributed by atoms with van der Waals surface area (Å²) in [5.74, 6) is 0.343. The maximum Gasteiger partial charge on any atom is 0.322 e. The van der Waals surface area contributed by atoms with Crippen molar-refractivity contribution in [3.63, 3.8) is 0 Å². The zero-order valence-corrected chi connectivity index (χ0v) is 16.8. The number of halogens is 3. The van der Waals surface area contributed by atoms with E-state index in [9.17, 15) is 9.18 Å². The number of urea groups is 1. The van der Waals surface area contributed by atoms with E-state index in [4.69, 9.17) is 27.7 Å². The lowest BCUT2D eigenvalue weighted by atomic mass is 10.0. The van der Waals surface area contributed by atoms with Gasteiger partial charge in [0, 0.05) is 12.1 Å². The molecule has 29 heavy (non-hydrogen) atoms. The number of hydrogen-bond donors (Lipinski definition) is 1. The Morgan fingerprint density at radius 3 is 2.59 bits per heavy atom. The van der Waals surface area contributed by atoms with Gasteiger partial charge in [0.2, 0.25) is 11.7 Å². The number of anilines is 1. The Kier molecular flexibility index (Phi) is 5.69. The molecule has 2 aromatic carbocycles. The third-order valence-electron chi connectivity index (χ3n) is 4.79. The fraction of sp³-hybridized carbons (Fsp3) is 0.250. The normalized spacial score (nSPS) is 16.7. The molecule has 1 aromatic heterocycles. The van der Waals surface area contributed by atoms with Crippen LogP contribution in [0.15, 0.2) is 47.0 Å². The summed E-state index contributed by atoms with van der Waals surface area (Å²) in [5.41, 5.74) is 0.999. The molecule has 9 heteroatoms. The van der Waals surface area contributed by atoms with Gasteiger partial charge in [0.05, 0.1) is 15.7 Å². The summed E-state index contributed by atoms with van der Waals surface area (Å²) in [6.45, 7) is 0.535. The van der Waals surface area contributed by atoms with E-state index in [0.29, 0.717) is 46.0 Å². The Bertz CT molecular complexity index is 1010. The molecule has 0 unspecified atom stereocenters. The molecule has 0 spiro atoms. The van der Waals surface area contributed by atoms with Crippen LogP contribution in [-0.2, 0) is 0 Å². The summed E-state index contributed by atoms with van der Waals surface area (Å²) in [6.07, 6.45) is 2.48. The van der Waals surface area contributed by atoms with Crippen LogP contribution in [0.4, 0.5) is 14.9 Å². The van der Waals surface area contributed by atoms with Crippen molar-refractivity contribution < 1.29 is 13.7 Å². The van der Waals surface area contributed by atoms with Crippen LogP contribution in [0.2, 0.25) is 10.0 Å². The molecule has 1 saturated heterocycles.